The van der Waals surface area contributed by atoms with Gasteiger partial charge in [-0.05, 0) is 47.9 Å². The second-order valence-corrected chi connectivity index (χ2v) is 9.43. The van der Waals surface area contributed by atoms with Gasteiger partial charge in [-0.1, -0.05) is 78.9 Å². The fourth-order valence-electron chi connectivity index (χ4n) is 4.81. The number of hydrogen-bond donors (Lipinski definition) is 2. The number of anilines is 2. The first-order chi connectivity index (χ1) is 19.4. The summed E-state index contributed by atoms with van der Waals surface area (Å²) >= 11 is 0. The zero-order valence-corrected chi connectivity index (χ0v) is 22.3. The Bertz CT molecular complexity index is 1600. The zero-order valence-electron chi connectivity index (χ0n) is 22.3. The molecule has 0 saturated carbocycles. The lowest BCUT2D eigenvalue weighted by molar-refractivity contribution is -0.119. The third kappa shape index (κ3) is 5.63. The lowest BCUT2D eigenvalue weighted by Gasteiger charge is -2.26. The number of benzene rings is 4. The molecule has 1 aliphatic rings. The van der Waals surface area contributed by atoms with E-state index < -0.39 is 18.0 Å². The van der Waals surface area contributed by atoms with Crippen molar-refractivity contribution in [3.63, 3.8) is 0 Å². The quantitative estimate of drug-likeness (QED) is 0.293. The van der Waals surface area contributed by atoms with E-state index in [0.29, 0.717) is 22.7 Å². The van der Waals surface area contributed by atoms with Crippen LogP contribution in [0, 0.1) is 6.92 Å². The number of nitrogens with one attached hydrogen (secondary N) is 2. The molecule has 2 N–H and O–H groups in total. The smallest absolute Gasteiger partial charge is 0.320 e. The Morgan fingerprint density at radius 2 is 1.60 bits per heavy atom. The number of rotatable bonds is 7. The third-order valence-electron chi connectivity index (χ3n) is 6.80. The van der Waals surface area contributed by atoms with Gasteiger partial charge >= 0.3 is 6.03 Å². The Hall–Kier alpha value is -5.17. The number of urea groups is 1. The number of ether oxygens (including phenoxy) is 1. The van der Waals surface area contributed by atoms with Gasteiger partial charge in [0, 0.05) is 22.9 Å². The second kappa shape index (κ2) is 11.7. The summed E-state index contributed by atoms with van der Waals surface area (Å²) in [4.78, 5) is 42.1. The van der Waals surface area contributed by atoms with Crippen molar-refractivity contribution in [1.82, 2.24) is 5.32 Å². The minimum Gasteiger partial charge on any atom is -0.497 e. The van der Waals surface area contributed by atoms with E-state index in [1.165, 1.54) is 4.90 Å². The van der Waals surface area contributed by atoms with Crippen molar-refractivity contribution in [2.24, 2.45) is 0 Å². The van der Waals surface area contributed by atoms with Crippen LogP contribution in [0.1, 0.15) is 27.0 Å². The first-order valence-corrected chi connectivity index (χ1v) is 12.9. The third-order valence-corrected chi connectivity index (χ3v) is 6.80. The molecule has 1 heterocycles. The van der Waals surface area contributed by atoms with Gasteiger partial charge in [0.15, 0.2) is 5.78 Å². The van der Waals surface area contributed by atoms with Gasteiger partial charge in [-0.2, -0.15) is 0 Å². The predicted molar refractivity (Wildman–Crippen MR) is 157 cm³/mol. The molecule has 7 nitrogen and oxygen atoms in total. The Labute approximate surface area is 233 Å². The lowest BCUT2D eigenvalue weighted by Crippen LogP contribution is -2.50. The summed E-state index contributed by atoms with van der Waals surface area (Å²) in [5.74, 6) is -0.0175. The molecule has 40 heavy (non-hydrogen) atoms. The maximum atomic E-state index is 14.1. The van der Waals surface area contributed by atoms with E-state index in [2.05, 4.69) is 10.6 Å². The first-order valence-electron chi connectivity index (χ1n) is 12.9. The van der Waals surface area contributed by atoms with Crippen LogP contribution in [0.3, 0.4) is 0 Å². The summed E-state index contributed by atoms with van der Waals surface area (Å²) in [7, 11) is 1.55. The van der Waals surface area contributed by atoms with Gasteiger partial charge in [-0.25, -0.2) is 4.79 Å². The van der Waals surface area contributed by atoms with E-state index in [4.69, 9.17) is 4.74 Å². The predicted octanol–water partition coefficient (Wildman–Crippen LogP) is 5.86. The van der Waals surface area contributed by atoms with Crippen molar-refractivity contribution in [3.05, 3.63) is 131 Å². The fourth-order valence-corrected chi connectivity index (χ4v) is 4.81. The van der Waals surface area contributed by atoms with Crippen LogP contribution in [-0.2, 0) is 4.79 Å². The minimum atomic E-state index is -1.04. The molecule has 200 valence electrons. The van der Waals surface area contributed by atoms with Crippen LogP contribution in [0.25, 0.3) is 5.57 Å². The number of amides is 3. The summed E-state index contributed by atoms with van der Waals surface area (Å²) in [6, 6.07) is 29.8. The first kappa shape index (κ1) is 26.4. The molecule has 0 radical (unpaired) electrons. The molecule has 1 atom stereocenters. The highest BCUT2D eigenvalue weighted by atomic mass is 16.5. The monoisotopic (exact) mass is 531 g/mol. The van der Waals surface area contributed by atoms with Crippen molar-refractivity contribution in [2.45, 2.75) is 13.0 Å². The molecule has 1 unspecified atom stereocenters. The second-order valence-electron chi connectivity index (χ2n) is 9.43. The molecule has 1 aliphatic heterocycles. The van der Waals surface area contributed by atoms with E-state index >= 15 is 0 Å². The largest absolute Gasteiger partial charge is 0.497 e. The number of aryl methyl sites for hydroxylation is 1. The summed E-state index contributed by atoms with van der Waals surface area (Å²) in [6.07, 6.45) is 1.75. The van der Waals surface area contributed by atoms with Gasteiger partial charge in [0.25, 0.3) is 5.91 Å². The van der Waals surface area contributed by atoms with Crippen LogP contribution < -0.4 is 20.3 Å². The topological polar surface area (TPSA) is 87.7 Å². The van der Waals surface area contributed by atoms with Crippen LogP contribution in [0.15, 0.2) is 109 Å². The zero-order chi connectivity index (χ0) is 28.1. The summed E-state index contributed by atoms with van der Waals surface area (Å²) in [5.41, 5.74) is 4.95. The molecule has 0 bridgehead atoms. The van der Waals surface area contributed by atoms with E-state index in [0.717, 1.165) is 22.3 Å². The average molecular weight is 532 g/mol. The van der Waals surface area contributed by atoms with Crippen molar-refractivity contribution in [2.75, 3.05) is 23.9 Å². The number of nitrogens with zero attached hydrogens (tertiary/aromatic N) is 1. The molecular formula is C33H29N3O4. The summed E-state index contributed by atoms with van der Waals surface area (Å²) in [5, 5.41) is 5.59. The molecule has 3 amide bonds. The van der Waals surface area contributed by atoms with Gasteiger partial charge in [-0.15, -0.1) is 0 Å². The maximum Gasteiger partial charge on any atom is 0.320 e. The van der Waals surface area contributed by atoms with Gasteiger partial charge < -0.3 is 20.3 Å². The highest BCUT2D eigenvalue weighted by Crippen LogP contribution is 2.35. The molecule has 5 rings (SSSR count). The van der Waals surface area contributed by atoms with E-state index in [1.807, 2.05) is 73.7 Å². The van der Waals surface area contributed by atoms with Crippen LogP contribution >= 0.6 is 0 Å². The Balaban J connectivity index is 1.53. The minimum absolute atomic E-state index is 0.174. The van der Waals surface area contributed by atoms with Crippen molar-refractivity contribution >= 4 is 34.7 Å². The van der Waals surface area contributed by atoms with Gasteiger partial charge in [0.2, 0.25) is 0 Å². The molecule has 4 aromatic carbocycles. The number of methoxy groups -OCH3 is 1. The number of para-hydroxylation sites is 1. The van der Waals surface area contributed by atoms with E-state index in [1.54, 1.807) is 49.6 Å². The maximum absolute atomic E-state index is 14.1. The Morgan fingerprint density at radius 3 is 2.38 bits per heavy atom. The lowest BCUT2D eigenvalue weighted by atomic mass is 9.95. The molecule has 0 fully saturated rings. The standard InChI is InChI=1S/C33H29N3O4/c1-22-11-6-7-16-26(22)31(37)21-36-30-18-9-8-17-27(30)28(23-12-4-3-5-13-23)20-29(32(36)38)35-33(39)34-24-14-10-15-25(19-24)40-2/h3-20,29H,21H2,1-2H3,(H2,34,35,39). The number of carbonyl (C=O) groups excluding carboxylic acids is 3. The van der Waals surface area contributed by atoms with Gasteiger partial charge in [0.05, 0.1) is 19.3 Å². The molecule has 0 aromatic heterocycles. The number of fused-ring (bicyclic) bond motifs is 1. The van der Waals surface area contributed by atoms with Crippen LogP contribution in [0.5, 0.6) is 5.75 Å². The molecule has 0 aliphatic carbocycles. The Kier molecular flexibility index (Phi) is 7.73. The van der Waals surface area contributed by atoms with E-state index in [9.17, 15) is 14.4 Å². The van der Waals surface area contributed by atoms with Crippen LogP contribution in [0.4, 0.5) is 16.2 Å². The number of Topliss-reactive ketones (excluding diaryl/α,β-unsaturated/α-hetero) is 1. The highest BCUT2D eigenvalue weighted by molar-refractivity contribution is 6.12. The molecule has 7 heteroatoms. The number of hydrogen-bond acceptors (Lipinski definition) is 4. The van der Waals surface area contributed by atoms with Crippen LogP contribution in [0.2, 0.25) is 0 Å². The molecule has 0 saturated heterocycles. The van der Waals surface area contributed by atoms with Crippen molar-refractivity contribution < 1.29 is 19.1 Å². The average Bonchev–Trinajstić information content (AvgIpc) is 3.08. The fraction of sp³-hybridized carbons (Fsp3) is 0.121. The Morgan fingerprint density at radius 1 is 0.875 bits per heavy atom. The molecule has 4 aromatic rings. The van der Waals surface area contributed by atoms with Gasteiger partial charge in [-0.3, -0.25) is 9.59 Å². The SMILES string of the molecule is COc1cccc(NC(=O)NC2C=C(c3ccccc3)c3ccccc3N(CC(=O)c3ccccc3C)C2=O)c1. The normalized spacial score (nSPS) is 14.4. The number of ketones is 1. The summed E-state index contributed by atoms with van der Waals surface area (Å²) < 4.78 is 5.24. The van der Waals surface area contributed by atoms with E-state index in [-0.39, 0.29) is 12.3 Å². The van der Waals surface area contributed by atoms with Crippen molar-refractivity contribution in [1.29, 1.82) is 0 Å². The van der Waals surface area contributed by atoms with Crippen molar-refractivity contribution in [3.8, 4) is 5.75 Å². The number of carbonyl (C=O) groups is 3. The van der Waals surface area contributed by atoms with Crippen LogP contribution in [-0.4, -0.2) is 37.4 Å². The van der Waals surface area contributed by atoms with Gasteiger partial charge in [0.1, 0.15) is 11.8 Å². The summed E-state index contributed by atoms with van der Waals surface area (Å²) in [6.45, 7) is 1.69. The highest BCUT2D eigenvalue weighted by Gasteiger charge is 2.33. The molecular weight excluding hydrogens is 502 g/mol. The molecule has 0 spiro atoms.